The normalized spacial score (nSPS) is 12.3. The van der Waals surface area contributed by atoms with Gasteiger partial charge in [0, 0.05) is 13.1 Å². The van der Waals surface area contributed by atoms with Crippen LogP contribution in [0.2, 0.25) is 0 Å². The summed E-state index contributed by atoms with van der Waals surface area (Å²) in [4.78, 5) is 0. The highest BCUT2D eigenvalue weighted by molar-refractivity contribution is 7.84. The third-order valence-electron chi connectivity index (χ3n) is 2.00. The van der Waals surface area contributed by atoms with Crippen LogP contribution in [0.3, 0.4) is 0 Å². The van der Waals surface area contributed by atoms with Gasteiger partial charge in [0.15, 0.2) is 0 Å². The molecular weight excluding hydrogens is 202 g/mol. The second-order valence-corrected chi connectivity index (χ2v) is 4.68. The fourth-order valence-electron chi connectivity index (χ4n) is 1.13. The van der Waals surface area contributed by atoms with Crippen LogP contribution >= 0.6 is 0 Å². The molecule has 0 aromatic carbocycles. The topological polar surface area (TPSA) is 46.6 Å². The van der Waals surface area contributed by atoms with E-state index in [1.165, 1.54) is 4.31 Å². The average Bonchev–Trinajstić information content (AvgIpc) is 2.14. The maximum atomic E-state index is 11.5. The first kappa shape index (κ1) is 13.9. The molecule has 0 aliphatic rings. The van der Waals surface area contributed by atoms with Gasteiger partial charge in [-0.1, -0.05) is 33.6 Å². The summed E-state index contributed by atoms with van der Waals surface area (Å²) in [6.07, 6.45) is 2.87. The number of unbranched alkanes of at least 4 members (excludes halogenated alkanes) is 2. The molecule has 0 bridgehead atoms. The molecule has 0 rings (SSSR count). The quantitative estimate of drug-likeness (QED) is 0.589. The predicted octanol–water partition coefficient (Wildman–Crippen LogP) is 1.78. The van der Waals surface area contributed by atoms with E-state index in [2.05, 4.69) is 6.92 Å². The molecule has 86 valence electrons. The van der Waals surface area contributed by atoms with Crippen LogP contribution in [0.15, 0.2) is 0 Å². The molecule has 14 heavy (non-hydrogen) atoms. The van der Waals surface area contributed by atoms with Crippen LogP contribution in [0, 0.1) is 0 Å². The molecule has 0 atom stereocenters. The Balaban J connectivity index is 3.94. The Morgan fingerprint density at radius 1 is 1.07 bits per heavy atom. The van der Waals surface area contributed by atoms with Gasteiger partial charge in [-0.3, -0.25) is 4.18 Å². The van der Waals surface area contributed by atoms with Crippen molar-refractivity contribution in [1.82, 2.24) is 4.31 Å². The van der Waals surface area contributed by atoms with Crippen LogP contribution < -0.4 is 0 Å². The summed E-state index contributed by atoms with van der Waals surface area (Å²) in [6, 6.07) is 0. The van der Waals surface area contributed by atoms with Gasteiger partial charge < -0.3 is 0 Å². The van der Waals surface area contributed by atoms with Crippen molar-refractivity contribution < 1.29 is 12.6 Å². The van der Waals surface area contributed by atoms with E-state index in [4.69, 9.17) is 4.18 Å². The summed E-state index contributed by atoms with van der Waals surface area (Å²) in [5, 5.41) is 0. The second kappa shape index (κ2) is 7.20. The molecule has 0 amide bonds. The molecule has 5 heteroatoms. The van der Waals surface area contributed by atoms with E-state index in [9.17, 15) is 8.42 Å². The van der Waals surface area contributed by atoms with E-state index in [1.54, 1.807) is 13.8 Å². The van der Waals surface area contributed by atoms with Crippen molar-refractivity contribution in [3.8, 4) is 0 Å². The SMILES string of the molecule is CCCCCOS(=O)(=O)N(CC)CC. The zero-order valence-electron chi connectivity index (χ0n) is 9.32. The molecule has 0 aliphatic heterocycles. The molecule has 0 heterocycles. The summed E-state index contributed by atoms with van der Waals surface area (Å²) in [7, 11) is -3.47. The Morgan fingerprint density at radius 3 is 2.07 bits per heavy atom. The smallest absolute Gasteiger partial charge is 0.258 e. The van der Waals surface area contributed by atoms with Gasteiger partial charge in [0.1, 0.15) is 0 Å². The largest absolute Gasteiger partial charge is 0.338 e. The molecule has 0 N–H and O–H groups in total. The molecule has 4 nitrogen and oxygen atoms in total. The van der Waals surface area contributed by atoms with Crippen LogP contribution in [-0.2, 0) is 14.5 Å². The van der Waals surface area contributed by atoms with E-state index in [-0.39, 0.29) is 0 Å². The first-order valence-corrected chi connectivity index (χ1v) is 6.59. The summed E-state index contributed by atoms with van der Waals surface area (Å²) in [5.74, 6) is 0. The molecule has 0 saturated carbocycles. The second-order valence-electron chi connectivity index (χ2n) is 3.07. The van der Waals surface area contributed by atoms with Crippen molar-refractivity contribution in [3.05, 3.63) is 0 Å². The fourth-order valence-corrected chi connectivity index (χ4v) is 2.24. The van der Waals surface area contributed by atoms with E-state index >= 15 is 0 Å². The third kappa shape index (κ3) is 4.93. The first-order valence-electron chi connectivity index (χ1n) is 5.23. The van der Waals surface area contributed by atoms with Crippen LogP contribution in [0.5, 0.6) is 0 Å². The molecule has 0 unspecified atom stereocenters. The fraction of sp³-hybridized carbons (Fsp3) is 1.00. The maximum absolute atomic E-state index is 11.5. The van der Waals surface area contributed by atoms with E-state index < -0.39 is 10.3 Å². The Morgan fingerprint density at radius 2 is 1.64 bits per heavy atom. The van der Waals surface area contributed by atoms with Crippen LogP contribution in [0.25, 0.3) is 0 Å². The van der Waals surface area contributed by atoms with Crippen molar-refractivity contribution in [3.63, 3.8) is 0 Å². The first-order chi connectivity index (χ1) is 6.58. The molecule has 0 fully saturated rings. The number of rotatable bonds is 8. The zero-order valence-corrected chi connectivity index (χ0v) is 10.1. The highest BCUT2D eigenvalue weighted by Gasteiger charge is 2.18. The molecular formula is C9H21NO3S. The zero-order chi connectivity index (χ0) is 11.0. The van der Waals surface area contributed by atoms with Crippen LogP contribution in [0.4, 0.5) is 0 Å². The lowest BCUT2D eigenvalue weighted by molar-refractivity contribution is 0.266. The lowest BCUT2D eigenvalue weighted by Crippen LogP contribution is -2.32. The molecule has 0 radical (unpaired) electrons. The average molecular weight is 223 g/mol. The van der Waals surface area contributed by atoms with Gasteiger partial charge in [-0.2, -0.15) is 12.7 Å². The van der Waals surface area contributed by atoms with Crippen molar-refractivity contribution in [2.24, 2.45) is 0 Å². The summed E-state index contributed by atoms with van der Waals surface area (Å²) >= 11 is 0. The highest BCUT2D eigenvalue weighted by atomic mass is 32.2. The summed E-state index contributed by atoms with van der Waals surface area (Å²) in [6.45, 7) is 6.90. The monoisotopic (exact) mass is 223 g/mol. The third-order valence-corrected chi connectivity index (χ3v) is 3.62. The number of hydrogen-bond acceptors (Lipinski definition) is 3. The van der Waals surface area contributed by atoms with Gasteiger partial charge in [0.2, 0.25) is 0 Å². The van der Waals surface area contributed by atoms with Crippen molar-refractivity contribution in [2.45, 2.75) is 40.0 Å². The van der Waals surface area contributed by atoms with Gasteiger partial charge in [0.25, 0.3) is 0 Å². The Kier molecular flexibility index (Phi) is 7.13. The van der Waals surface area contributed by atoms with Gasteiger partial charge in [-0.15, -0.1) is 0 Å². The van der Waals surface area contributed by atoms with Gasteiger partial charge in [0.05, 0.1) is 6.61 Å². The minimum atomic E-state index is -3.47. The lowest BCUT2D eigenvalue weighted by atomic mass is 10.3. The molecule has 0 aliphatic carbocycles. The van der Waals surface area contributed by atoms with Crippen LogP contribution in [-0.4, -0.2) is 32.4 Å². The summed E-state index contributed by atoms with van der Waals surface area (Å²) in [5.41, 5.74) is 0. The van der Waals surface area contributed by atoms with E-state index in [1.807, 2.05) is 0 Å². The van der Waals surface area contributed by atoms with Crippen molar-refractivity contribution in [1.29, 1.82) is 0 Å². The van der Waals surface area contributed by atoms with Gasteiger partial charge in [-0.25, -0.2) is 0 Å². The molecule has 0 saturated heterocycles. The maximum Gasteiger partial charge on any atom is 0.338 e. The van der Waals surface area contributed by atoms with Crippen molar-refractivity contribution in [2.75, 3.05) is 19.7 Å². The molecule has 0 spiro atoms. The Bertz CT molecular complexity index is 222. The lowest BCUT2D eigenvalue weighted by Gasteiger charge is -2.17. The van der Waals surface area contributed by atoms with Gasteiger partial charge in [-0.05, 0) is 6.42 Å². The highest BCUT2D eigenvalue weighted by Crippen LogP contribution is 2.04. The van der Waals surface area contributed by atoms with E-state index in [0.29, 0.717) is 19.7 Å². The van der Waals surface area contributed by atoms with Crippen molar-refractivity contribution >= 4 is 10.3 Å². The van der Waals surface area contributed by atoms with Gasteiger partial charge >= 0.3 is 10.3 Å². The standard InChI is InChI=1S/C9H21NO3S/c1-4-7-8-9-13-14(11,12)10(5-2)6-3/h4-9H2,1-3H3. The predicted molar refractivity (Wildman–Crippen MR) is 57.3 cm³/mol. The Hall–Kier alpha value is -0.130. The van der Waals surface area contributed by atoms with E-state index in [0.717, 1.165) is 19.3 Å². The molecule has 0 aromatic heterocycles. The molecule has 0 aromatic rings. The summed E-state index contributed by atoms with van der Waals surface area (Å²) < 4.78 is 29.1. The van der Waals surface area contributed by atoms with Crippen LogP contribution in [0.1, 0.15) is 40.0 Å². The number of hydrogen-bond donors (Lipinski definition) is 0. The Labute approximate surface area is 87.5 Å². The number of nitrogens with zero attached hydrogens (tertiary/aromatic N) is 1. The minimum absolute atomic E-state index is 0.298. The minimum Gasteiger partial charge on any atom is -0.258 e.